The van der Waals surface area contributed by atoms with Crippen molar-refractivity contribution in [3.8, 4) is 17.2 Å². The summed E-state index contributed by atoms with van der Waals surface area (Å²) in [5.41, 5.74) is -0.582. The van der Waals surface area contributed by atoms with Gasteiger partial charge in [-0.25, -0.2) is 9.59 Å². The van der Waals surface area contributed by atoms with Crippen molar-refractivity contribution >= 4 is 22.9 Å². The fourth-order valence-electron chi connectivity index (χ4n) is 2.87. The van der Waals surface area contributed by atoms with Crippen LogP contribution in [-0.2, 0) is 4.79 Å². The summed E-state index contributed by atoms with van der Waals surface area (Å²) in [6, 6.07) is 13.0. The van der Waals surface area contributed by atoms with Crippen molar-refractivity contribution in [1.29, 1.82) is 0 Å². The minimum Gasteiger partial charge on any atom is -0.492 e. The highest BCUT2D eigenvalue weighted by Crippen LogP contribution is 2.39. The molecule has 0 N–H and O–H groups in total. The molecule has 0 aliphatic carbocycles. The monoisotopic (exact) mass is 422 g/mol. The summed E-state index contributed by atoms with van der Waals surface area (Å²) in [4.78, 5) is 36.9. The molecule has 7 heteroatoms. The van der Waals surface area contributed by atoms with Crippen LogP contribution in [0.1, 0.15) is 37.0 Å². The molecule has 7 nitrogen and oxygen atoms in total. The van der Waals surface area contributed by atoms with Crippen LogP contribution in [0.4, 0.5) is 0 Å². The van der Waals surface area contributed by atoms with Gasteiger partial charge < -0.3 is 18.6 Å². The Bertz CT molecular complexity index is 1160. The maximum absolute atomic E-state index is 12.6. The van der Waals surface area contributed by atoms with Crippen LogP contribution >= 0.6 is 0 Å². The topological polar surface area (TPSA) is 92.0 Å². The van der Waals surface area contributed by atoms with E-state index in [0.717, 1.165) is 6.42 Å². The average Bonchev–Trinajstić information content (AvgIpc) is 2.76. The molecule has 0 amide bonds. The van der Waals surface area contributed by atoms with Crippen LogP contribution in [0.5, 0.6) is 17.2 Å². The zero-order valence-electron chi connectivity index (χ0n) is 17.3. The zero-order chi connectivity index (χ0) is 22.2. The Morgan fingerprint density at radius 2 is 1.74 bits per heavy atom. The number of fused-ring (bicyclic) bond motifs is 1. The molecule has 0 bridgehead atoms. The van der Waals surface area contributed by atoms with Gasteiger partial charge in [0, 0.05) is 6.92 Å². The molecule has 3 aromatic rings. The van der Waals surface area contributed by atoms with Crippen molar-refractivity contribution in [3.05, 3.63) is 76.7 Å². The van der Waals surface area contributed by atoms with Gasteiger partial charge in [-0.05, 0) is 37.1 Å². The molecule has 1 aromatic heterocycles. The molecule has 1 heterocycles. The second kappa shape index (κ2) is 10.2. The van der Waals surface area contributed by atoms with Gasteiger partial charge in [0.2, 0.25) is 0 Å². The first-order valence-corrected chi connectivity index (χ1v) is 9.84. The summed E-state index contributed by atoms with van der Waals surface area (Å²) in [5.74, 6) is -1.88. The minimum absolute atomic E-state index is 0.141. The summed E-state index contributed by atoms with van der Waals surface area (Å²) < 4.78 is 21.7. The lowest BCUT2D eigenvalue weighted by atomic mass is 10.2. The largest absolute Gasteiger partial charge is 0.492 e. The van der Waals surface area contributed by atoms with E-state index in [1.165, 1.54) is 25.1 Å². The smallest absolute Gasteiger partial charge is 0.383 e. The molecular weight excluding hydrogens is 400 g/mol. The Morgan fingerprint density at radius 1 is 0.968 bits per heavy atom. The third-order valence-electron chi connectivity index (χ3n) is 4.20. The van der Waals surface area contributed by atoms with Crippen molar-refractivity contribution in [2.24, 2.45) is 0 Å². The SMILES string of the molecule is CC/C=C/CCOc1cccc2oc(=O)c(OC(=O)c3ccccc3)c(OC(C)=O)c12. The summed E-state index contributed by atoms with van der Waals surface area (Å²) >= 11 is 0. The average molecular weight is 422 g/mol. The Hall–Kier alpha value is -3.87. The van der Waals surface area contributed by atoms with Gasteiger partial charge in [0.15, 0.2) is 5.75 Å². The molecule has 31 heavy (non-hydrogen) atoms. The van der Waals surface area contributed by atoms with E-state index in [0.29, 0.717) is 18.8 Å². The number of carbonyl (C=O) groups excluding carboxylic acids is 2. The van der Waals surface area contributed by atoms with Crippen molar-refractivity contribution in [2.75, 3.05) is 6.61 Å². The Morgan fingerprint density at radius 3 is 2.45 bits per heavy atom. The van der Waals surface area contributed by atoms with Gasteiger partial charge in [-0.3, -0.25) is 4.79 Å². The first kappa shape index (κ1) is 21.8. The number of hydrogen-bond donors (Lipinski definition) is 0. The molecule has 0 unspecified atom stereocenters. The van der Waals surface area contributed by atoms with Gasteiger partial charge >= 0.3 is 17.6 Å². The normalized spacial score (nSPS) is 10.9. The van der Waals surface area contributed by atoms with E-state index >= 15 is 0 Å². The number of carbonyl (C=O) groups is 2. The number of esters is 2. The van der Waals surface area contributed by atoms with Crippen molar-refractivity contribution in [3.63, 3.8) is 0 Å². The van der Waals surface area contributed by atoms with E-state index < -0.39 is 23.3 Å². The van der Waals surface area contributed by atoms with E-state index in [1.54, 1.807) is 30.3 Å². The van der Waals surface area contributed by atoms with Crippen LogP contribution in [-0.4, -0.2) is 18.5 Å². The lowest BCUT2D eigenvalue weighted by Gasteiger charge is -2.14. The van der Waals surface area contributed by atoms with E-state index in [2.05, 4.69) is 0 Å². The number of ether oxygens (including phenoxy) is 3. The Labute approximate surface area is 178 Å². The van der Waals surface area contributed by atoms with Crippen LogP contribution in [0.2, 0.25) is 0 Å². The molecule has 0 atom stereocenters. The molecule has 0 radical (unpaired) electrons. The van der Waals surface area contributed by atoms with E-state index in [1.807, 2.05) is 19.1 Å². The lowest BCUT2D eigenvalue weighted by molar-refractivity contribution is -0.131. The molecular formula is C24H22O7. The number of benzene rings is 2. The van der Waals surface area contributed by atoms with E-state index in [9.17, 15) is 14.4 Å². The van der Waals surface area contributed by atoms with Gasteiger partial charge in [0.25, 0.3) is 5.75 Å². The van der Waals surface area contributed by atoms with Crippen LogP contribution in [0.25, 0.3) is 11.0 Å². The predicted octanol–water partition coefficient (Wildman–Crippen LogP) is 4.67. The zero-order valence-corrected chi connectivity index (χ0v) is 17.3. The third kappa shape index (κ3) is 5.39. The van der Waals surface area contributed by atoms with Crippen LogP contribution < -0.4 is 19.8 Å². The van der Waals surface area contributed by atoms with Crippen molar-refractivity contribution in [1.82, 2.24) is 0 Å². The quantitative estimate of drug-likeness (QED) is 0.225. The summed E-state index contributed by atoms with van der Waals surface area (Å²) in [6.45, 7) is 3.57. The van der Waals surface area contributed by atoms with Crippen LogP contribution in [0.15, 0.2) is 69.9 Å². The second-order valence-electron chi connectivity index (χ2n) is 6.54. The molecule has 0 aliphatic rings. The molecule has 3 rings (SSSR count). The highest BCUT2D eigenvalue weighted by Gasteiger charge is 2.25. The minimum atomic E-state index is -0.948. The highest BCUT2D eigenvalue weighted by molar-refractivity contribution is 5.96. The van der Waals surface area contributed by atoms with Crippen LogP contribution in [0.3, 0.4) is 0 Å². The standard InChI is InChI=1S/C24H22O7/c1-3-4-5-9-15-28-18-13-10-14-19-20(18)21(29-16(2)25)22(24(27)30-19)31-23(26)17-11-7-6-8-12-17/h4-8,10-14H,3,9,15H2,1-2H3/b5-4+. The molecule has 0 saturated carbocycles. The Kier molecular flexibility index (Phi) is 7.22. The second-order valence-corrected chi connectivity index (χ2v) is 6.54. The first-order chi connectivity index (χ1) is 15.0. The van der Waals surface area contributed by atoms with Gasteiger partial charge in [-0.15, -0.1) is 0 Å². The van der Waals surface area contributed by atoms with Crippen LogP contribution in [0, 0.1) is 0 Å². The third-order valence-corrected chi connectivity index (χ3v) is 4.20. The lowest BCUT2D eigenvalue weighted by Crippen LogP contribution is -2.17. The molecule has 0 spiro atoms. The maximum atomic E-state index is 12.6. The summed E-state index contributed by atoms with van der Waals surface area (Å²) in [6.07, 6.45) is 5.61. The van der Waals surface area contributed by atoms with Gasteiger partial charge in [0.1, 0.15) is 16.7 Å². The van der Waals surface area contributed by atoms with Crippen molar-refractivity contribution in [2.45, 2.75) is 26.7 Å². The van der Waals surface area contributed by atoms with E-state index in [-0.39, 0.29) is 22.3 Å². The number of rotatable bonds is 8. The summed E-state index contributed by atoms with van der Waals surface area (Å²) in [7, 11) is 0. The molecule has 0 fully saturated rings. The molecule has 2 aromatic carbocycles. The summed E-state index contributed by atoms with van der Waals surface area (Å²) in [5, 5.41) is 0.229. The maximum Gasteiger partial charge on any atom is 0.383 e. The van der Waals surface area contributed by atoms with Crippen molar-refractivity contribution < 1.29 is 28.2 Å². The fourth-order valence-corrected chi connectivity index (χ4v) is 2.87. The predicted molar refractivity (Wildman–Crippen MR) is 115 cm³/mol. The molecule has 160 valence electrons. The van der Waals surface area contributed by atoms with Gasteiger partial charge in [-0.2, -0.15) is 0 Å². The molecule has 0 aliphatic heterocycles. The fraction of sp³-hybridized carbons (Fsp3) is 0.208. The first-order valence-electron chi connectivity index (χ1n) is 9.84. The highest BCUT2D eigenvalue weighted by atomic mass is 16.6. The van der Waals surface area contributed by atoms with E-state index in [4.69, 9.17) is 18.6 Å². The number of allylic oxidation sites excluding steroid dienone is 1. The number of hydrogen-bond acceptors (Lipinski definition) is 7. The molecule has 0 saturated heterocycles. The van der Waals surface area contributed by atoms with Gasteiger partial charge in [0.05, 0.1) is 12.2 Å². The Balaban J connectivity index is 2.06. The van der Waals surface area contributed by atoms with Gasteiger partial charge in [-0.1, -0.05) is 43.3 Å².